The molecule has 0 bridgehead atoms. The van der Waals surface area contributed by atoms with E-state index in [4.69, 9.17) is 0 Å². The summed E-state index contributed by atoms with van der Waals surface area (Å²) in [6.45, 7) is 7.87. The number of nitrogens with zero attached hydrogens (tertiary/aromatic N) is 2. The van der Waals surface area contributed by atoms with Crippen LogP contribution in [0.5, 0.6) is 0 Å². The van der Waals surface area contributed by atoms with Crippen LogP contribution in [0, 0.1) is 10.1 Å². The van der Waals surface area contributed by atoms with Gasteiger partial charge in [-0.25, -0.2) is 0 Å². The maximum absolute atomic E-state index is 12.4. The number of hydrogen-bond donors (Lipinski definition) is 2. The van der Waals surface area contributed by atoms with Crippen LogP contribution in [-0.2, 0) is 6.54 Å². The Hall–Kier alpha value is -3.42. The van der Waals surface area contributed by atoms with E-state index in [9.17, 15) is 19.7 Å². The third-order valence-electron chi connectivity index (χ3n) is 4.66. The van der Waals surface area contributed by atoms with Crippen molar-refractivity contribution in [3.05, 3.63) is 69.3 Å². The lowest BCUT2D eigenvalue weighted by atomic mass is 10.1. The monoisotopic (exact) mass is 412 g/mol. The van der Waals surface area contributed by atoms with E-state index in [1.807, 2.05) is 39.8 Å². The summed E-state index contributed by atoms with van der Waals surface area (Å²) in [4.78, 5) is 37.1. The molecule has 0 fully saturated rings. The summed E-state index contributed by atoms with van der Waals surface area (Å²) >= 11 is 0. The summed E-state index contributed by atoms with van der Waals surface area (Å²) < 4.78 is 0. The lowest BCUT2D eigenvalue weighted by Crippen LogP contribution is -2.32. The Bertz CT molecular complexity index is 923. The molecule has 0 aliphatic rings. The number of carbonyl (C=O) groups excluding carboxylic acids is 2. The molecule has 8 nitrogen and oxygen atoms in total. The summed E-state index contributed by atoms with van der Waals surface area (Å²) in [7, 11) is 1.76. The number of hydrogen-bond acceptors (Lipinski definition) is 5. The van der Waals surface area contributed by atoms with E-state index < -0.39 is 4.92 Å². The van der Waals surface area contributed by atoms with Gasteiger partial charge in [0.1, 0.15) is 5.69 Å². The van der Waals surface area contributed by atoms with Crippen molar-refractivity contribution >= 4 is 23.2 Å². The zero-order valence-corrected chi connectivity index (χ0v) is 17.9. The van der Waals surface area contributed by atoms with Crippen LogP contribution in [-0.4, -0.2) is 40.8 Å². The fourth-order valence-corrected chi connectivity index (χ4v) is 2.72. The van der Waals surface area contributed by atoms with Gasteiger partial charge in [0.25, 0.3) is 17.5 Å². The molecular weight excluding hydrogens is 384 g/mol. The van der Waals surface area contributed by atoms with Crippen molar-refractivity contribution in [2.24, 2.45) is 0 Å². The van der Waals surface area contributed by atoms with Crippen molar-refractivity contribution in [1.29, 1.82) is 0 Å². The number of nitro benzene ring substituents is 1. The number of amides is 2. The molecule has 0 aliphatic carbocycles. The van der Waals surface area contributed by atoms with E-state index in [-0.39, 0.29) is 35.1 Å². The lowest BCUT2D eigenvalue weighted by molar-refractivity contribution is -0.384. The van der Waals surface area contributed by atoms with Gasteiger partial charge in [-0.15, -0.1) is 0 Å². The summed E-state index contributed by atoms with van der Waals surface area (Å²) in [5.74, 6) is -0.415. The van der Waals surface area contributed by atoms with E-state index in [1.165, 1.54) is 12.1 Å². The molecule has 2 amide bonds. The smallest absolute Gasteiger partial charge is 0.293 e. The second kappa shape index (κ2) is 9.87. The molecule has 0 saturated heterocycles. The zero-order chi connectivity index (χ0) is 22.4. The molecule has 0 heterocycles. The Balaban J connectivity index is 2.12. The number of carbonyl (C=O) groups is 2. The van der Waals surface area contributed by atoms with Crippen molar-refractivity contribution in [2.75, 3.05) is 12.4 Å². The summed E-state index contributed by atoms with van der Waals surface area (Å²) in [6.07, 6.45) is 0. The molecule has 0 spiro atoms. The first-order valence-corrected chi connectivity index (χ1v) is 9.79. The molecular formula is C22H28N4O4. The van der Waals surface area contributed by atoms with E-state index in [2.05, 4.69) is 10.6 Å². The first kappa shape index (κ1) is 22.9. The summed E-state index contributed by atoms with van der Waals surface area (Å²) in [6, 6.07) is 11.5. The highest BCUT2D eigenvalue weighted by atomic mass is 16.6. The van der Waals surface area contributed by atoms with E-state index in [1.54, 1.807) is 30.1 Å². The molecule has 0 aliphatic heterocycles. The largest absolute Gasteiger partial charge is 0.375 e. The topological polar surface area (TPSA) is 105 Å². The number of benzene rings is 2. The van der Waals surface area contributed by atoms with Crippen LogP contribution in [0.15, 0.2) is 42.5 Å². The predicted molar refractivity (Wildman–Crippen MR) is 117 cm³/mol. The first-order chi connectivity index (χ1) is 14.1. The molecule has 160 valence electrons. The molecule has 2 aromatic rings. The minimum atomic E-state index is -0.516. The molecule has 0 unspecified atom stereocenters. The molecule has 8 heteroatoms. The second-order valence-corrected chi connectivity index (χ2v) is 7.68. The minimum absolute atomic E-state index is 0.0598. The van der Waals surface area contributed by atoms with Gasteiger partial charge in [0, 0.05) is 42.9 Å². The van der Waals surface area contributed by atoms with Crippen molar-refractivity contribution in [1.82, 2.24) is 10.2 Å². The van der Waals surface area contributed by atoms with Crippen LogP contribution in [0.25, 0.3) is 0 Å². The van der Waals surface area contributed by atoms with Gasteiger partial charge in [-0.2, -0.15) is 0 Å². The van der Waals surface area contributed by atoms with Crippen molar-refractivity contribution in [2.45, 2.75) is 46.3 Å². The third-order valence-corrected chi connectivity index (χ3v) is 4.66. The third kappa shape index (κ3) is 5.79. The maximum atomic E-state index is 12.4. The van der Waals surface area contributed by atoms with Crippen LogP contribution >= 0.6 is 0 Å². The van der Waals surface area contributed by atoms with E-state index in [0.29, 0.717) is 17.8 Å². The van der Waals surface area contributed by atoms with Gasteiger partial charge in [-0.3, -0.25) is 19.7 Å². The Labute approximate surface area is 176 Å². The van der Waals surface area contributed by atoms with E-state index in [0.717, 1.165) is 5.56 Å². The Morgan fingerprint density at radius 3 is 2.17 bits per heavy atom. The molecule has 0 saturated carbocycles. The Morgan fingerprint density at radius 2 is 1.63 bits per heavy atom. The molecule has 30 heavy (non-hydrogen) atoms. The molecule has 0 aromatic heterocycles. The van der Waals surface area contributed by atoms with Gasteiger partial charge in [-0.05, 0) is 57.5 Å². The van der Waals surface area contributed by atoms with Crippen molar-refractivity contribution < 1.29 is 14.5 Å². The predicted octanol–water partition coefficient (Wildman–Crippen LogP) is 3.83. The number of nitrogens with one attached hydrogen (secondary N) is 2. The highest BCUT2D eigenvalue weighted by molar-refractivity contribution is 5.96. The Morgan fingerprint density at radius 1 is 1.03 bits per heavy atom. The highest BCUT2D eigenvalue weighted by Gasteiger charge is 2.18. The average molecular weight is 412 g/mol. The molecule has 2 N–H and O–H groups in total. The van der Waals surface area contributed by atoms with Gasteiger partial charge < -0.3 is 15.5 Å². The maximum Gasteiger partial charge on any atom is 0.293 e. The Kier molecular flexibility index (Phi) is 7.52. The fraction of sp³-hybridized carbons (Fsp3) is 0.364. The quantitative estimate of drug-likeness (QED) is 0.506. The standard InChI is InChI=1S/C22H28N4O4/c1-14(2)24-21(27)18-10-11-19(20(12-18)26(29)30)23-13-16-6-8-17(9-7-16)22(28)25(5)15(3)4/h6-12,14-15,23H,13H2,1-5H3,(H,24,27). The van der Waals surface area contributed by atoms with Crippen molar-refractivity contribution in [3.8, 4) is 0 Å². The number of rotatable bonds is 8. The van der Waals surface area contributed by atoms with Crippen LogP contribution in [0.1, 0.15) is 54.0 Å². The van der Waals surface area contributed by atoms with Gasteiger partial charge >= 0.3 is 0 Å². The van der Waals surface area contributed by atoms with Gasteiger partial charge in [0.15, 0.2) is 0 Å². The number of nitro groups is 1. The number of anilines is 1. The minimum Gasteiger partial charge on any atom is -0.375 e. The van der Waals surface area contributed by atoms with Gasteiger partial charge in [0.2, 0.25) is 0 Å². The SMILES string of the molecule is CC(C)NC(=O)c1ccc(NCc2ccc(C(=O)N(C)C(C)C)cc2)c([N+](=O)[O-])c1. The zero-order valence-electron chi connectivity index (χ0n) is 17.9. The average Bonchev–Trinajstić information content (AvgIpc) is 2.70. The van der Waals surface area contributed by atoms with Gasteiger partial charge in [0.05, 0.1) is 4.92 Å². The first-order valence-electron chi connectivity index (χ1n) is 9.79. The fourth-order valence-electron chi connectivity index (χ4n) is 2.72. The highest BCUT2D eigenvalue weighted by Crippen LogP contribution is 2.26. The summed E-state index contributed by atoms with van der Waals surface area (Å²) in [5, 5.41) is 17.2. The lowest BCUT2D eigenvalue weighted by Gasteiger charge is -2.21. The molecule has 2 rings (SSSR count). The van der Waals surface area contributed by atoms with Crippen molar-refractivity contribution in [3.63, 3.8) is 0 Å². The molecule has 0 atom stereocenters. The van der Waals surface area contributed by atoms with Crippen LogP contribution in [0.3, 0.4) is 0 Å². The molecule has 0 radical (unpaired) electrons. The van der Waals surface area contributed by atoms with Crippen LogP contribution in [0.2, 0.25) is 0 Å². The van der Waals surface area contributed by atoms with E-state index >= 15 is 0 Å². The van der Waals surface area contributed by atoms with Crippen LogP contribution < -0.4 is 10.6 Å². The normalized spacial score (nSPS) is 10.8. The summed E-state index contributed by atoms with van der Waals surface area (Å²) in [5.41, 5.74) is 1.84. The van der Waals surface area contributed by atoms with Crippen LogP contribution in [0.4, 0.5) is 11.4 Å². The van der Waals surface area contributed by atoms with Gasteiger partial charge in [-0.1, -0.05) is 12.1 Å². The second-order valence-electron chi connectivity index (χ2n) is 7.68. The molecule has 2 aromatic carbocycles.